The van der Waals surface area contributed by atoms with Crippen LogP contribution in [0.1, 0.15) is 12.2 Å². The van der Waals surface area contributed by atoms with E-state index in [1.165, 1.54) is 0 Å². The van der Waals surface area contributed by atoms with Gasteiger partial charge >= 0.3 is 5.97 Å². The maximum Gasteiger partial charge on any atom is 0.305 e. The second-order valence-electron chi connectivity index (χ2n) is 3.71. The van der Waals surface area contributed by atoms with Crippen molar-refractivity contribution in [3.63, 3.8) is 0 Å². The molecule has 17 heavy (non-hydrogen) atoms. The van der Waals surface area contributed by atoms with E-state index in [-0.39, 0.29) is 6.42 Å². The zero-order chi connectivity index (χ0) is 12.6. The Bertz CT molecular complexity index is 593. The normalized spacial score (nSPS) is 11.0. The highest BCUT2D eigenvalue weighted by molar-refractivity contribution is 9.11. The van der Waals surface area contributed by atoms with Crippen molar-refractivity contribution in [2.75, 3.05) is 0 Å². The Balaban J connectivity index is 2.54. The number of hydrogen-bond donors (Lipinski definition) is 1. The number of carbonyl (C=O) groups is 1. The molecule has 1 N–H and O–H groups in total. The first kappa shape index (κ1) is 12.6. The Morgan fingerprint density at radius 3 is 2.82 bits per heavy atom. The first-order chi connectivity index (χ1) is 7.99. The van der Waals surface area contributed by atoms with Crippen LogP contribution in [0.2, 0.25) is 0 Å². The van der Waals surface area contributed by atoms with Gasteiger partial charge in [-0.05, 0) is 35.0 Å². The molecule has 0 spiro atoms. The molecule has 0 saturated heterocycles. The fraction of sp³-hybridized carbons (Fsp3) is 0.273. The van der Waals surface area contributed by atoms with Gasteiger partial charge < -0.3 is 9.67 Å². The summed E-state index contributed by atoms with van der Waals surface area (Å²) in [6.07, 6.45) is 0.0937. The number of hydrogen-bond acceptors (Lipinski definition) is 2. The van der Waals surface area contributed by atoms with E-state index in [9.17, 15) is 4.79 Å². The van der Waals surface area contributed by atoms with Crippen molar-refractivity contribution in [1.82, 2.24) is 9.55 Å². The number of carboxylic acid groups (broad SMARTS) is 1. The summed E-state index contributed by atoms with van der Waals surface area (Å²) in [5.41, 5.74) is 1.79. The molecule has 1 aromatic heterocycles. The van der Waals surface area contributed by atoms with Gasteiger partial charge in [-0.3, -0.25) is 4.79 Å². The molecule has 1 heterocycles. The number of aryl methyl sites for hydroxylation is 2. The highest BCUT2D eigenvalue weighted by Crippen LogP contribution is 2.28. The smallest absolute Gasteiger partial charge is 0.305 e. The largest absolute Gasteiger partial charge is 0.481 e. The van der Waals surface area contributed by atoms with Gasteiger partial charge in [-0.1, -0.05) is 15.9 Å². The third-order valence-electron chi connectivity index (χ3n) is 2.51. The molecule has 0 saturated carbocycles. The van der Waals surface area contributed by atoms with Gasteiger partial charge in [-0.2, -0.15) is 0 Å². The summed E-state index contributed by atoms with van der Waals surface area (Å²) in [5, 5.41) is 8.73. The number of fused-ring (bicyclic) bond motifs is 1. The topological polar surface area (TPSA) is 55.1 Å². The molecule has 2 rings (SSSR count). The minimum absolute atomic E-state index is 0.0937. The average molecular weight is 362 g/mol. The predicted molar refractivity (Wildman–Crippen MR) is 72.1 cm³/mol. The second-order valence-corrected chi connectivity index (χ2v) is 5.48. The van der Waals surface area contributed by atoms with Gasteiger partial charge in [0, 0.05) is 15.5 Å². The van der Waals surface area contributed by atoms with Gasteiger partial charge in [-0.15, -0.1) is 0 Å². The van der Waals surface area contributed by atoms with E-state index in [1.807, 2.05) is 23.6 Å². The number of nitrogens with zero attached hydrogens (tertiary/aromatic N) is 2. The number of benzene rings is 1. The summed E-state index contributed by atoms with van der Waals surface area (Å²) < 4.78 is 3.76. The molecule has 0 aliphatic carbocycles. The van der Waals surface area contributed by atoms with Crippen LogP contribution in [0.25, 0.3) is 11.0 Å². The van der Waals surface area contributed by atoms with Crippen molar-refractivity contribution >= 4 is 48.9 Å². The van der Waals surface area contributed by atoms with Crippen molar-refractivity contribution < 1.29 is 9.90 Å². The summed E-state index contributed by atoms with van der Waals surface area (Å²) in [7, 11) is 0. The summed E-state index contributed by atoms with van der Waals surface area (Å²) in [5.74, 6) is 0.0142. The molecule has 2 aromatic rings. The lowest BCUT2D eigenvalue weighted by molar-refractivity contribution is -0.137. The van der Waals surface area contributed by atoms with E-state index in [2.05, 4.69) is 36.8 Å². The molecular formula is C11H10Br2N2O2. The molecule has 4 nitrogen and oxygen atoms in total. The van der Waals surface area contributed by atoms with Gasteiger partial charge in [-0.25, -0.2) is 4.98 Å². The van der Waals surface area contributed by atoms with Crippen LogP contribution in [-0.4, -0.2) is 20.6 Å². The second kappa shape index (κ2) is 4.78. The van der Waals surface area contributed by atoms with E-state index in [0.717, 1.165) is 25.8 Å². The molecule has 0 aliphatic rings. The first-order valence-corrected chi connectivity index (χ1v) is 6.61. The summed E-state index contributed by atoms with van der Waals surface area (Å²) in [4.78, 5) is 15.1. The number of carboxylic acids is 1. The highest BCUT2D eigenvalue weighted by atomic mass is 79.9. The molecule has 6 heteroatoms. The summed E-state index contributed by atoms with van der Waals surface area (Å²) >= 11 is 6.87. The van der Waals surface area contributed by atoms with Gasteiger partial charge in [0.05, 0.1) is 11.9 Å². The quantitative estimate of drug-likeness (QED) is 0.912. The van der Waals surface area contributed by atoms with E-state index < -0.39 is 5.97 Å². The fourth-order valence-corrected chi connectivity index (χ4v) is 3.05. The van der Waals surface area contributed by atoms with Gasteiger partial charge in [0.25, 0.3) is 0 Å². The van der Waals surface area contributed by atoms with E-state index in [4.69, 9.17) is 5.11 Å². The molecule has 0 aliphatic heterocycles. The third-order valence-corrected chi connectivity index (χ3v) is 3.57. The third kappa shape index (κ3) is 2.52. The average Bonchev–Trinajstić information content (AvgIpc) is 2.52. The van der Waals surface area contributed by atoms with E-state index >= 15 is 0 Å². The lowest BCUT2D eigenvalue weighted by Gasteiger charge is -2.05. The SMILES string of the molecule is Cc1nc2c(Br)cc(Br)cc2n1CCC(=O)O. The van der Waals surface area contributed by atoms with Gasteiger partial charge in [0.2, 0.25) is 0 Å². The predicted octanol–water partition coefficient (Wildman–Crippen LogP) is 3.34. The number of aliphatic carboxylic acids is 1. The molecule has 0 radical (unpaired) electrons. The Kier molecular flexibility index (Phi) is 3.53. The van der Waals surface area contributed by atoms with E-state index in [1.54, 1.807) is 0 Å². The van der Waals surface area contributed by atoms with Crippen LogP contribution in [0.3, 0.4) is 0 Å². The Labute approximate surface area is 115 Å². The Morgan fingerprint density at radius 2 is 2.18 bits per heavy atom. The maximum atomic E-state index is 10.6. The van der Waals surface area contributed by atoms with Crippen LogP contribution in [0, 0.1) is 6.92 Å². The molecule has 0 atom stereocenters. The van der Waals surface area contributed by atoms with Crippen molar-refractivity contribution in [2.45, 2.75) is 19.9 Å². The van der Waals surface area contributed by atoms with Crippen LogP contribution in [0.5, 0.6) is 0 Å². The number of rotatable bonds is 3. The molecule has 0 amide bonds. The highest BCUT2D eigenvalue weighted by Gasteiger charge is 2.11. The summed E-state index contributed by atoms with van der Waals surface area (Å²) in [6, 6.07) is 3.87. The van der Waals surface area contributed by atoms with Crippen molar-refractivity contribution in [3.8, 4) is 0 Å². The maximum absolute atomic E-state index is 10.6. The van der Waals surface area contributed by atoms with Crippen molar-refractivity contribution in [2.24, 2.45) is 0 Å². The van der Waals surface area contributed by atoms with Crippen LogP contribution in [-0.2, 0) is 11.3 Å². The molecule has 90 valence electrons. The number of halogens is 2. The van der Waals surface area contributed by atoms with Gasteiger partial charge in [0.1, 0.15) is 11.3 Å². The fourth-order valence-electron chi connectivity index (χ4n) is 1.76. The monoisotopic (exact) mass is 360 g/mol. The molecule has 0 bridgehead atoms. The lowest BCUT2D eigenvalue weighted by Crippen LogP contribution is -2.05. The molecular weight excluding hydrogens is 352 g/mol. The Hall–Kier alpha value is -0.880. The Morgan fingerprint density at radius 1 is 1.47 bits per heavy atom. The van der Waals surface area contributed by atoms with E-state index in [0.29, 0.717) is 6.54 Å². The van der Waals surface area contributed by atoms with Crippen LogP contribution in [0.4, 0.5) is 0 Å². The molecule has 0 unspecified atom stereocenters. The van der Waals surface area contributed by atoms with Crippen molar-refractivity contribution in [3.05, 3.63) is 26.9 Å². The lowest BCUT2D eigenvalue weighted by atomic mass is 10.3. The first-order valence-electron chi connectivity index (χ1n) is 5.02. The zero-order valence-corrected chi connectivity index (χ0v) is 12.2. The minimum atomic E-state index is -0.805. The van der Waals surface area contributed by atoms with Crippen LogP contribution >= 0.6 is 31.9 Å². The van der Waals surface area contributed by atoms with Gasteiger partial charge in [0.15, 0.2) is 0 Å². The van der Waals surface area contributed by atoms with Crippen LogP contribution < -0.4 is 0 Å². The molecule has 1 aromatic carbocycles. The standard InChI is InChI=1S/C11H10Br2N2O2/c1-6-14-11-8(13)4-7(12)5-9(11)15(6)3-2-10(16)17/h4-5H,2-3H2,1H3,(H,16,17). The number of imidazole rings is 1. The summed E-state index contributed by atoms with van der Waals surface area (Å²) in [6.45, 7) is 2.31. The van der Waals surface area contributed by atoms with Crippen molar-refractivity contribution in [1.29, 1.82) is 0 Å². The van der Waals surface area contributed by atoms with Crippen LogP contribution in [0.15, 0.2) is 21.1 Å². The zero-order valence-electron chi connectivity index (χ0n) is 9.07. The minimum Gasteiger partial charge on any atom is -0.481 e. The number of aromatic nitrogens is 2. The molecule has 0 fully saturated rings.